The van der Waals surface area contributed by atoms with Crippen LogP contribution in [0.2, 0.25) is 0 Å². The fourth-order valence-electron chi connectivity index (χ4n) is 1.82. The normalized spacial score (nSPS) is 25.2. The molecule has 1 aromatic heterocycles. The number of rotatable bonds is 4. The number of hydrogen-bond donors (Lipinski definition) is 2. The summed E-state index contributed by atoms with van der Waals surface area (Å²) in [5.74, 6) is 0.160. The molecule has 1 fully saturated rings. The molecular weight excluding hydrogens is 261 g/mol. The summed E-state index contributed by atoms with van der Waals surface area (Å²) in [6.07, 6.45) is 2.07. The molecule has 9 heteroatoms. The number of hydrogen-bond acceptors (Lipinski definition) is 6. The van der Waals surface area contributed by atoms with Crippen molar-refractivity contribution in [3.8, 4) is 0 Å². The van der Waals surface area contributed by atoms with E-state index in [-0.39, 0.29) is 18.5 Å². The largest absolute Gasteiger partial charge is 0.383 e. The molecule has 1 aliphatic rings. The molecule has 0 radical (unpaired) electrons. The van der Waals surface area contributed by atoms with E-state index in [1.165, 1.54) is 16.8 Å². The zero-order valence-corrected chi connectivity index (χ0v) is 10.5. The Kier molecular flexibility index (Phi) is 4.13. The SMILES string of the molecule is Nc1ccn(C2CC[C@@H](CO[PH](=O)O)O2)c(=O)n1. The lowest BCUT2D eigenvalue weighted by Gasteiger charge is -2.15. The summed E-state index contributed by atoms with van der Waals surface area (Å²) < 4.78 is 21.9. The summed E-state index contributed by atoms with van der Waals surface area (Å²) in [4.78, 5) is 23.7. The lowest BCUT2D eigenvalue weighted by Crippen LogP contribution is -2.27. The van der Waals surface area contributed by atoms with Crippen LogP contribution in [0.3, 0.4) is 0 Å². The fraction of sp³-hybridized carbons (Fsp3) is 0.556. The molecule has 2 unspecified atom stereocenters. The number of nitrogen functional groups attached to an aromatic ring is 1. The molecule has 2 heterocycles. The van der Waals surface area contributed by atoms with Crippen molar-refractivity contribution in [2.75, 3.05) is 12.3 Å². The van der Waals surface area contributed by atoms with Crippen LogP contribution in [0.5, 0.6) is 0 Å². The number of aromatic nitrogens is 2. The van der Waals surface area contributed by atoms with Crippen LogP contribution >= 0.6 is 8.25 Å². The first-order valence-corrected chi connectivity index (χ1v) is 6.68. The van der Waals surface area contributed by atoms with Crippen LogP contribution in [-0.4, -0.2) is 27.2 Å². The summed E-state index contributed by atoms with van der Waals surface area (Å²) in [6, 6.07) is 1.51. The van der Waals surface area contributed by atoms with Crippen molar-refractivity contribution >= 4 is 14.1 Å². The standard InChI is InChI=1S/C9H14N3O5P/c10-7-3-4-12(9(13)11-7)8-2-1-6(17-8)5-16-18(14)15/h3-4,6,8,18H,1-2,5H2,(H,14,15)(H2,10,11,13)/t6-,8?/m0/s1. The topological polar surface area (TPSA) is 117 Å². The van der Waals surface area contributed by atoms with E-state index in [0.717, 1.165) is 0 Å². The summed E-state index contributed by atoms with van der Waals surface area (Å²) in [6.45, 7) is 0.0436. The van der Waals surface area contributed by atoms with Crippen LogP contribution in [0.25, 0.3) is 0 Å². The van der Waals surface area contributed by atoms with Crippen LogP contribution in [0, 0.1) is 0 Å². The number of nitrogens with zero attached hydrogens (tertiary/aromatic N) is 2. The molecule has 18 heavy (non-hydrogen) atoms. The Morgan fingerprint density at radius 3 is 3.11 bits per heavy atom. The lowest BCUT2D eigenvalue weighted by atomic mass is 10.2. The lowest BCUT2D eigenvalue weighted by molar-refractivity contribution is -0.0202. The van der Waals surface area contributed by atoms with Crippen molar-refractivity contribution in [2.24, 2.45) is 0 Å². The molecule has 100 valence electrons. The quantitative estimate of drug-likeness (QED) is 0.737. The summed E-state index contributed by atoms with van der Waals surface area (Å²) >= 11 is 0. The maximum Gasteiger partial charge on any atom is 0.351 e. The summed E-state index contributed by atoms with van der Waals surface area (Å²) in [5.41, 5.74) is 4.92. The smallest absolute Gasteiger partial charge is 0.351 e. The minimum Gasteiger partial charge on any atom is -0.383 e. The van der Waals surface area contributed by atoms with Gasteiger partial charge in [0.1, 0.15) is 12.0 Å². The minimum atomic E-state index is -2.94. The molecule has 3 N–H and O–H groups in total. The highest BCUT2D eigenvalue weighted by Gasteiger charge is 2.27. The molecule has 0 aromatic carbocycles. The zero-order chi connectivity index (χ0) is 13.1. The molecule has 0 saturated carbocycles. The van der Waals surface area contributed by atoms with E-state index in [1.54, 1.807) is 0 Å². The summed E-state index contributed by atoms with van der Waals surface area (Å²) in [5, 5.41) is 0. The van der Waals surface area contributed by atoms with E-state index in [2.05, 4.69) is 9.51 Å². The van der Waals surface area contributed by atoms with Gasteiger partial charge in [-0.25, -0.2) is 4.79 Å². The van der Waals surface area contributed by atoms with Crippen LogP contribution in [0.1, 0.15) is 19.1 Å². The molecule has 1 aliphatic heterocycles. The van der Waals surface area contributed by atoms with Gasteiger partial charge in [-0.15, -0.1) is 0 Å². The van der Waals surface area contributed by atoms with Gasteiger partial charge < -0.3 is 19.9 Å². The van der Waals surface area contributed by atoms with E-state index in [0.29, 0.717) is 12.8 Å². The second kappa shape index (κ2) is 5.62. The van der Waals surface area contributed by atoms with Gasteiger partial charge in [-0.1, -0.05) is 0 Å². The van der Waals surface area contributed by atoms with E-state index in [1.807, 2.05) is 0 Å². The first-order chi connectivity index (χ1) is 8.56. The minimum absolute atomic E-state index is 0.0436. The van der Waals surface area contributed by atoms with Crippen LogP contribution in [-0.2, 0) is 13.8 Å². The Morgan fingerprint density at radius 2 is 2.44 bits per heavy atom. The van der Waals surface area contributed by atoms with Crippen LogP contribution in [0.4, 0.5) is 5.82 Å². The Balaban J connectivity index is 2.00. The van der Waals surface area contributed by atoms with E-state index in [9.17, 15) is 9.36 Å². The third kappa shape index (κ3) is 3.17. The molecule has 0 bridgehead atoms. The van der Waals surface area contributed by atoms with Crippen molar-refractivity contribution in [3.05, 3.63) is 22.7 Å². The van der Waals surface area contributed by atoms with Gasteiger partial charge in [-0.3, -0.25) is 9.13 Å². The predicted octanol–water partition coefficient (Wildman–Crippen LogP) is -0.0983. The van der Waals surface area contributed by atoms with Gasteiger partial charge in [0.2, 0.25) is 0 Å². The van der Waals surface area contributed by atoms with E-state index in [4.69, 9.17) is 15.4 Å². The summed E-state index contributed by atoms with van der Waals surface area (Å²) in [7, 11) is -2.94. The highest BCUT2D eigenvalue weighted by Crippen LogP contribution is 2.29. The number of nitrogens with two attached hydrogens (primary N) is 1. The van der Waals surface area contributed by atoms with Crippen LogP contribution < -0.4 is 11.4 Å². The monoisotopic (exact) mass is 275 g/mol. The van der Waals surface area contributed by atoms with Crippen molar-refractivity contribution in [1.82, 2.24) is 9.55 Å². The Hall–Kier alpha value is -1.21. The molecule has 3 atom stereocenters. The second-order valence-corrected chi connectivity index (χ2v) is 4.73. The molecule has 1 aromatic rings. The van der Waals surface area contributed by atoms with Gasteiger partial charge in [0.15, 0.2) is 0 Å². The van der Waals surface area contributed by atoms with Gasteiger partial charge in [0.25, 0.3) is 0 Å². The van der Waals surface area contributed by atoms with Crippen LogP contribution in [0.15, 0.2) is 17.1 Å². The molecule has 0 spiro atoms. The first-order valence-electron chi connectivity index (χ1n) is 5.42. The van der Waals surface area contributed by atoms with Gasteiger partial charge in [0.05, 0.1) is 12.7 Å². The van der Waals surface area contributed by atoms with E-state index < -0.39 is 20.2 Å². The molecule has 1 saturated heterocycles. The highest BCUT2D eigenvalue weighted by molar-refractivity contribution is 7.32. The third-order valence-electron chi connectivity index (χ3n) is 2.64. The third-order valence-corrected chi connectivity index (χ3v) is 3.05. The maximum atomic E-state index is 11.6. The molecule has 0 aliphatic carbocycles. The van der Waals surface area contributed by atoms with E-state index >= 15 is 0 Å². The van der Waals surface area contributed by atoms with Gasteiger partial charge in [-0.05, 0) is 18.9 Å². The zero-order valence-electron chi connectivity index (χ0n) is 9.48. The predicted molar refractivity (Wildman–Crippen MR) is 63.2 cm³/mol. The number of anilines is 1. The van der Waals surface area contributed by atoms with Crippen molar-refractivity contribution in [3.63, 3.8) is 0 Å². The molecular formula is C9H14N3O5P. The van der Waals surface area contributed by atoms with Gasteiger partial charge in [-0.2, -0.15) is 4.98 Å². The molecule has 8 nitrogen and oxygen atoms in total. The fourth-order valence-corrected chi connectivity index (χ4v) is 2.15. The van der Waals surface area contributed by atoms with Gasteiger partial charge >= 0.3 is 13.9 Å². The second-order valence-electron chi connectivity index (χ2n) is 3.91. The van der Waals surface area contributed by atoms with Crippen molar-refractivity contribution in [2.45, 2.75) is 25.2 Å². The van der Waals surface area contributed by atoms with Crippen molar-refractivity contribution < 1.29 is 18.7 Å². The Bertz CT molecular complexity index is 505. The number of ether oxygens (including phenoxy) is 1. The highest BCUT2D eigenvalue weighted by atomic mass is 31.1. The molecule has 2 rings (SSSR count). The average Bonchev–Trinajstić information content (AvgIpc) is 2.75. The van der Waals surface area contributed by atoms with Crippen molar-refractivity contribution in [1.29, 1.82) is 0 Å². The first kappa shape index (κ1) is 13.2. The Morgan fingerprint density at radius 1 is 1.67 bits per heavy atom. The maximum absolute atomic E-state index is 11.6. The van der Waals surface area contributed by atoms with Gasteiger partial charge in [0, 0.05) is 6.20 Å². The Labute approximate surface area is 103 Å². The molecule has 0 amide bonds. The average molecular weight is 275 g/mol.